The topological polar surface area (TPSA) is 22.1 Å². The molecule has 3 heteroatoms. The van der Waals surface area contributed by atoms with Crippen LogP contribution < -0.4 is 4.74 Å². The number of rotatable bonds is 3. The average molecular weight is 235 g/mol. The highest BCUT2D eigenvalue weighted by Gasteiger charge is 2.07. The number of halogens is 1. The highest BCUT2D eigenvalue weighted by molar-refractivity contribution is 6.32. The van der Waals surface area contributed by atoms with Crippen LogP contribution in [-0.2, 0) is 0 Å². The number of fused-ring (bicyclic) bond motifs is 1. The van der Waals surface area contributed by atoms with Crippen molar-refractivity contribution in [3.05, 3.63) is 41.4 Å². The molecule has 0 bridgehead atoms. The number of pyridine rings is 1. The summed E-state index contributed by atoms with van der Waals surface area (Å²) in [5.74, 6) is 0.822. The minimum absolute atomic E-state index is 0.683. The maximum Gasteiger partial charge on any atom is 0.119 e. The summed E-state index contributed by atoms with van der Waals surface area (Å²) in [7, 11) is 1.66. The van der Waals surface area contributed by atoms with Gasteiger partial charge in [0, 0.05) is 11.6 Å². The molecule has 0 aliphatic carbocycles. The van der Waals surface area contributed by atoms with Crippen LogP contribution in [0.3, 0.4) is 0 Å². The maximum absolute atomic E-state index is 6.14. The standard InChI is InChI=1S/C13H13ClNO/c1-3-4-10-11-7-9(16-2)5-6-13(11)15-8-12(10)14/h4-8H,3H2,1-2H3. The third-order valence-corrected chi connectivity index (χ3v) is 2.78. The number of ether oxygens (including phenoxy) is 1. The molecule has 1 radical (unpaired) electrons. The Balaban J connectivity index is 2.67. The first-order valence-electron chi connectivity index (χ1n) is 5.21. The SMILES string of the molecule is CC[CH]c1c(Cl)cnc2ccc(OC)cc12. The quantitative estimate of drug-likeness (QED) is 0.805. The molecule has 0 unspecified atom stereocenters. The van der Waals surface area contributed by atoms with E-state index < -0.39 is 0 Å². The molecule has 1 aromatic heterocycles. The molecule has 1 aromatic carbocycles. The van der Waals surface area contributed by atoms with Gasteiger partial charge in [-0.1, -0.05) is 18.5 Å². The van der Waals surface area contributed by atoms with Gasteiger partial charge in [0.2, 0.25) is 0 Å². The molecule has 0 amide bonds. The second kappa shape index (κ2) is 4.71. The van der Waals surface area contributed by atoms with Crippen molar-refractivity contribution in [2.75, 3.05) is 7.11 Å². The van der Waals surface area contributed by atoms with Crippen molar-refractivity contribution in [1.29, 1.82) is 0 Å². The van der Waals surface area contributed by atoms with E-state index >= 15 is 0 Å². The summed E-state index contributed by atoms with van der Waals surface area (Å²) in [6, 6.07) is 5.81. The van der Waals surface area contributed by atoms with E-state index in [1.54, 1.807) is 13.3 Å². The highest BCUT2D eigenvalue weighted by atomic mass is 35.5. The number of benzene rings is 1. The van der Waals surface area contributed by atoms with Crippen LogP contribution in [0.4, 0.5) is 0 Å². The number of nitrogens with zero attached hydrogens (tertiary/aromatic N) is 1. The monoisotopic (exact) mass is 234 g/mol. The lowest BCUT2D eigenvalue weighted by Gasteiger charge is -2.08. The fourth-order valence-electron chi connectivity index (χ4n) is 1.71. The van der Waals surface area contributed by atoms with Gasteiger partial charge in [0.15, 0.2) is 0 Å². The molecule has 83 valence electrons. The van der Waals surface area contributed by atoms with Gasteiger partial charge in [-0.05, 0) is 36.6 Å². The molecule has 2 rings (SSSR count). The van der Waals surface area contributed by atoms with Crippen LogP contribution in [-0.4, -0.2) is 12.1 Å². The largest absolute Gasteiger partial charge is 0.497 e. The summed E-state index contributed by atoms with van der Waals surface area (Å²) in [5.41, 5.74) is 1.97. The normalized spacial score (nSPS) is 10.7. The van der Waals surface area contributed by atoms with Crippen molar-refractivity contribution in [3.8, 4) is 5.75 Å². The Hall–Kier alpha value is -1.28. The Morgan fingerprint density at radius 3 is 2.94 bits per heavy atom. The van der Waals surface area contributed by atoms with Crippen molar-refractivity contribution in [2.45, 2.75) is 13.3 Å². The lowest BCUT2D eigenvalue weighted by Crippen LogP contribution is -1.90. The van der Waals surface area contributed by atoms with Crippen LogP contribution in [0.2, 0.25) is 5.02 Å². The van der Waals surface area contributed by atoms with E-state index in [1.807, 2.05) is 18.2 Å². The molecule has 1 heterocycles. The van der Waals surface area contributed by atoms with Crippen LogP contribution in [0.1, 0.15) is 18.9 Å². The van der Waals surface area contributed by atoms with E-state index in [0.29, 0.717) is 5.02 Å². The van der Waals surface area contributed by atoms with Gasteiger partial charge < -0.3 is 4.74 Å². The van der Waals surface area contributed by atoms with Gasteiger partial charge >= 0.3 is 0 Å². The minimum Gasteiger partial charge on any atom is -0.497 e. The Morgan fingerprint density at radius 1 is 1.44 bits per heavy atom. The third kappa shape index (κ3) is 1.98. The predicted molar refractivity (Wildman–Crippen MR) is 67.0 cm³/mol. The Morgan fingerprint density at radius 2 is 2.25 bits per heavy atom. The predicted octanol–water partition coefficient (Wildman–Crippen LogP) is 3.86. The summed E-state index contributed by atoms with van der Waals surface area (Å²) < 4.78 is 5.21. The molecule has 16 heavy (non-hydrogen) atoms. The van der Waals surface area contributed by atoms with E-state index in [0.717, 1.165) is 28.6 Å². The molecular formula is C13H13ClNO. The summed E-state index contributed by atoms with van der Waals surface area (Å²) in [6.07, 6.45) is 4.74. The Bertz CT molecular complexity index is 511. The van der Waals surface area contributed by atoms with Crippen molar-refractivity contribution < 1.29 is 4.74 Å². The van der Waals surface area contributed by atoms with Gasteiger partial charge in [-0.25, -0.2) is 0 Å². The molecule has 2 aromatic rings. The van der Waals surface area contributed by atoms with Crippen molar-refractivity contribution in [2.24, 2.45) is 0 Å². The molecule has 2 nitrogen and oxygen atoms in total. The van der Waals surface area contributed by atoms with Crippen molar-refractivity contribution >= 4 is 22.5 Å². The van der Waals surface area contributed by atoms with Crippen LogP contribution in [0.5, 0.6) is 5.75 Å². The number of aromatic nitrogens is 1. The van der Waals surface area contributed by atoms with E-state index in [1.165, 1.54) is 0 Å². The molecular weight excluding hydrogens is 222 g/mol. The maximum atomic E-state index is 6.14. The lowest BCUT2D eigenvalue weighted by molar-refractivity contribution is 0.415. The Labute approximate surface area is 100 Å². The van der Waals surface area contributed by atoms with Crippen LogP contribution in [0.15, 0.2) is 24.4 Å². The average Bonchev–Trinajstić information content (AvgIpc) is 2.32. The summed E-state index contributed by atoms with van der Waals surface area (Å²) in [6.45, 7) is 2.09. The zero-order chi connectivity index (χ0) is 11.5. The summed E-state index contributed by atoms with van der Waals surface area (Å²) in [5, 5.41) is 1.72. The van der Waals surface area contributed by atoms with Crippen molar-refractivity contribution in [3.63, 3.8) is 0 Å². The molecule has 0 saturated heterocycles. The summed E-state index contributed by atoms with van der Waals surface area (Å²) >= 11 is 6.14. The Kier molecular flexibility index (Phi) is 3.30. The van der Waals surface area contributed by atoms with E-state index in [2.05, 4.69) is 18.3 Å². The van der Waals surface area contributed by atoms with E-state index in [-0.39, 0.29) is 0 Å². The number of hydrogen-bond acceptors (Lipinski definition) is 2. The van der Waals surface area contributed by atoms with Gasteiger partial charge in [-0.15, -0.1) is 0 Å². The first kappa shape index (κ1) is 11.2. The highest BCUT2D eigenvalue weighted by Crippen LogP contribution is 2.29. The molecule has 0 aliphatic rings. The first-order valence-corrected chi connectivity index (χ1v) is 5.59. The van der Waals surface area contributed by atoms with E-state index in [9.17, 15) is 0 Å². The van der Waals surface area contributed by atoms with Gasteiger partial charge in [0.05, 0.1) is 17.6 Å². The second-order valence-electron chi connectivity index (χ2n) is 3.52. The van der Waals surface area contributed by atoms with Crippen LogP contribution in [0.25, 0.3) is 10.9 Å². The molecule has 0 atom stereocenters. The van der Waals surface area contributed by atoms with Crippen LogP contribution in [0, 0.1) is 6.42 Å². The van der Waals surface area contributed by atoms with Gasteiger partial charge in [-0.2, -0.15) is 0 Å². The molecule has 0 fully saturated rings. The molecule has 0 aliphatic heterocycles. The van der Waals surface area contributed by atoms with Gasteiger partial charge in [0.25, 0.3) is 0 Å². The van der Waals surface area contributed by atoms with E-state index in [4.69, 9.17) is 16.3 Å². The van der Waals surface area contributed by atoms with Crippen LogP contribution >= 0.6 is 11.6 Å². The van der Waals surface area contributed by atoms with Gasteiger partial charge in [0.1, 0.15) is 5.75 Å². The fraction of sp³-hybridized carbons (Fsp3) is 0.231. The fourth-order valence-corrected chi connectivity index (χ4v) is 1.93. The molecule has 0 saturated carbocycles. The smallest absolute Gasteiger partial charge is 0.119 e. The first-order chi connectivity index (χ1) is 7.76. The molecule has 0 spiro atoms. The lowest BCUT2D eigenvalue weighted by atomic mass is 10.0. The zero-order valence-corrected chi connectivity index (χ0v) is 10.1. The minimum atomic E-state index is 0.683. The zero-order valence-electron chi connectivity index (χ0n) is 9.33. The summed E-state index contributed by atoms with van der Waals surface area (Å²) in [4.78, 5) is 4.29. The van der Waals surface area contributed by atoms with Crippen molar-refractivity contribution in [1.82, 2.24) is 4.98 Å². The number of methoxy groups -OCH3 is 1. The second-order valence-corrected chi connectivity index (χ2v) is 3.92. The van der Waals surface area contributed by atoms with Gasteiger partial charge in [-0.3, -0.25) is 4.98 Å². The molecule has 0 N–H and O–H groups in total. The third-order valence-electron chi connectivity index (χ3n) is 2.48. The number of hydrogen-bond donors (Lipinski definition) is 0.